The van der Waals surface area contributed by atoms with Gasteiger partial charge in [-0.1, -0.05) is 33.1 Å². The summed E-state index contributed by atoms with van der Waals surface area (Å²) in [6, 6.07) is 0. The zero-order valence-electron chi connectivity index (χ0n) is 12.6. The number of carbonyl (C=O) groups is 2. The molecule has 1 fully saturated rings. The van der Waals surface area contributed by atoms with E-state index in [1.54, 1.807) is 4.90 Å². The fraction of sp³-hybridized carbons (Fsp3) is 0.867. The number of nitrogens with zero attached hydrogens (tertiary/aromatic N) is 1. The third-order valence-corrected chi connectivity index (χ3v) is 4.35. The van der Waals surface area contributed by atoms with E-state index >= 15 is 0 Å². The van der Waals surface area contributed by atoms with Crippen LogP contribution in [0, 0.1) is 5.92 Å². The van der Waals surface area contributed by atoms with Crippen LogP contribution in [0.4, 0.5) is 0 Å². The standard InChI is InChI=1S/C15H27NO4/c1-3-5-6-12(4-2)11-13(17)16-9-7-15(20,8-10-16)14(18)19/h12,20H,3-11H2,1-2H3,(H,18,19). The van der Waals surface area contributed by atoms with E-state index in [9.17, 15) is 14.7 Å². The summed E-state index contributed by atoms with van der Waals surface area (Å²) < 4.78 is 0. The number of aliphatic hydroxyl groups is 1. The molecular weight excluding hydrogens is 258 g/mol. The number of hydrogen-bond acceptors (Lipinski definition) is 3. The van der Waals surface area contributed by atoms with Crippen LogP contribution in [0.15, 0.2) is 0 Å². The topological polar surface area (TPSA) is 77.8 Å². The Kier molecular flexibility index (Phi) is 6.46. The van der Waals surface area contributed by atoms with E-state index in [4.69, 9.17) is 5.11 Å². The van der Waals surface area contributed by atoms with Gasteiger partial charge in [-0.15, -0.1) is 0 Å². The van der Waals surface area contributed by atoms with Gasteiger partial charge in [0.25, 0.3) is 0 Å². The van der Waals surface area contributed by atoms with E-state index in [1.165, 1.54) is 0 Å². The summed E-state index contributed by atoms with van der Waals surface area (Å²) in [6.45, 7) is 4.93. The molecule has 2 N–H and O–H groups in total. The molecule has 0 aromatic carbocycles. The van der Waals surface area contributed by atoms with Crippen molar-refractivity contribution in [2.45, 2.75) is 64.4 Å². The molecule has 1 aliphatic heterocycles. The third-order valence-electron chi connectivity index (χ3n) is 4.35. The van der Waals surface area contributed by atoms with Crippen LogP contribution in [0.2, 0.25) is 0 Å². The molecular formula is C15H27NO4. The van der Waals surface area contributed by atoms with Gasteiger partial charge in [-0.05, 0) is 12.3 Å². The van der Waals surface area contributed by atoms with Gasteiger partial charge in [0.15, 0.2) is 5.60 Å². The Morgan fingerprint density at radius 1 is 1.25 bits per heavy atom. The molecule has 1 unspecified atom stereocenters. The number of piperidine rings is 1. The Morgan fingerprint density at radius 2 is 1.85 bits per heavy atom. The SMILES string of the molecule is CCCCC(CC)CC(=O)N1CCC(O)(C(=O)O)CC1. The van der Waals surface area contributed by atoms with Gasteiger partial charge in [0.05, 0.1) is 0 Å². The Labute approximate surface area is 121 Å². The zero-order chi connectivity index (χ0) is 15.2. The van der Waals surface area contributed by atoms with Gasteiger partial charge in [-0.2, -0.15) is 0 Å². The first-order chi connectivity index (χ1) is 9.42. The number of carboxylic acids is 1. The quantitative estimate of drug-likeness (QED) is 0.750. The first-order valence-electron chi connectivity index (χ1n) is 7.66. The summed E-state index contributed by atoms with van der Waals surface area (Å²) in [4.78, 5) is 24.9. The monoisotopic (exact) mass is 285 g/mol. The lowest BCUT2D eigenvalue weighted by Crippen LogP contribution is -2.51. The summed E-state index contributed by atoms with van der Waals surface area (Å²) >= 11 is 0. The van der Waals surface area contributed by atoms with Gasteiger partial charge in [-0.25, -0.2) is 4.79 Å². The van der Waals surface area contributed by atoms with Crippen molar-refractivity contribution in [1.29, 1.82) is 0 Å². The molecule has 0 aromatic rings. The molecule has 20 heavy (non-hydrogen) atoms. The fourth-order valence-corrected chi connectivity index (χ4v) is 2.66. The van der Waals surface area contributed by atoms with E-state index in [0.717, 1.165) is 25.7 Å². The van der Waals surface area contributed by atoms with Crippen LogP contribution in [-0.4, -0.2) is 45.7 Å². The van der Waals surface area contributed by atoms with Crippen molar-refractivity contribution in [2.24, 2.45) is 5.92 Å². The molecule has 5 heteroatoms. The molecule has 1 aliphatic rings. The minimum atomic E-state index is -1.65. The van der Waals surface area contributed by atoms with Crippen LogP contribution in [0.25, 0.3) is 0 Å². The Morgan fingerprint density at radius 3 is 2.30 bits per heavy atom. The highest BCUT2D eigenvalue weighted by Gasteiger charge is 2.40. The third kappa shape index (κ3) is 4.47. The summed E-state index contributed by atoms with van der Waals surface area (Å²) in [7, 11) is 0. The summed E-state index contributed by atoms with van der Waals surface area (Å²) in [5.41, 5.74) is -1.65. The summed E-state index contributed by atoms with van der Waals surface area (Å²) in [5, 5.41) is 18.8. The highest BCUT2D eigenvalue weighted by Crippen LogP contribution is 2.24. The zero-order valence-corrected chi connectivity index (χ0v) is 12.6. The van der Waals surface area contributed by atoms with Crippen LogP contribution in [-0.2, 0) is 9.59 Å². The number of likely N-dealkylation sites (tertiary alicyclic amines) is 1. The predicted octanol–water partition coefficient (Wildman–Crippen LogP) is 2.03. The fourth-order valence-electron chi connectivity index (χ4n) is 2.66. The Bertz CT molecular complexity index is 335. The maximum Gasteiger partial charge on any atom is 0.335 e. The lowest BCUT2D eigenvalue weighted by atomic mass is 9.90. The molecule has 5 nitrogen and oxygen atoms in total. The van der Waals surface area contributed by atoms with Crippen LogP contribution in [0.3, 0.4) is 0 Å². The maximum absolute atomic E-state index is 12.2. The van der Waals surface area contributed by atoms with Crippen LogP contribution < -0.4 is 0 Å². The van der Waals surface area contributed by atoms with E-state index in [0.29, 0.717) is 25.4 Å². The number of rotatable bonds is 7. The molecule has 0 spiro atoms. The molecule has 0 saturated carbocycles. The van der Waals surface area contributed by atoms with Crippen LogP contribution in [0.5, 0.6) is 0 Å². The predicted molar refractivity (Wildman–Crippen MR) is 76.3 cm³/mol. The molecule has 116 valence electrons. The van der Waals surface area contributed by atoms with Gasteiger partial charge in [0.1, 0.15) is 0 Å². The van der Waals surface area contributed by atoms with E-state index in [2.05, 4.69) is 13.8 Å². The first kappa shape index (κ1) is 17.0. The van der Waals surface area contributed by atoms with Crippen molar-refractivity contribution in [3.8, 4) is 0 Å². The van der Waals surface area contributed by atoms with Gasteiger partial charge in [0, 0.05) is 32.4 Å². The molecule has 1 heterocycles. The first-order valence-corrected chi connectivity index (χ1v) is 7.66. The van der Waals surface area contributed by atoms with Crippen molar-refractivity contribution in [3.05, 3.63) is 0 Å². The lowest BCUT2D eigenvalue weighted by molar-refractivity contribution is -0.165. The van der Waals surface area contributed by atoms with E-state index < -0.39 is 11.6 Å². The smallest absolute Gasteiger partial charge is 0.335 e. The number of hydrogen-bond donors (Lipinski definition) is 2. The molecule has 1 saturated heterocycles. The van der Waals surface area contributed by atoms with E-state index in [-0.39, 0.29) is 18.7 Å². The van der Waals surface area contributed by atoms with Crippen LogP contribution >= 0.6 is 0 Å². The molecule has 0 aromatic heterocycles. The van der Waals surface area contributed by atoms with Crippen molar-refractivity contribution < 1.29 is 19.8 Å². The van der Waals surface area contributed by atoms with Crippen molar-refractivity contribution in [3.63, 3.8) is 0 Å². The second kappa shape index (κ2) is 7.62. The molecule has 0 radical (unpaired) electrons. The minimum absolute atomic E-state index is 0.0976. The second-order valence-electron chi connectivity index (χ2n) is 5.84. The largest absolute Gasteiger partial charge is 0.479 e. The lowest BCUT2D eigenvalue weighted by Gasteiger charge is -2.36. The highest BCUT2D eigenvalue weighted by molar-refractivity contribution is 5.79. The van der Waals surface area contributed by atoms with Crippen LogP contribution in [0.1, 0.15) is 58.8 Å². The van der Waals surface area contributed by atoms with Crippen molar-refractivity contribution >= 4 is 11.9 Å². The average molecular weight is 285 g/mol. The van der Waals surface area contributed by atoms with Gasteiger partial charge < -0.3 is 15.1 Å². The molecule has 0 bridgehead atoms. The normalized spacial score (nSPS) is 19.6. The van der Waals surface area contributed by atoms with Crippen molar-refractivity contribution in [1.82, 2.24) is 4.90 Å². The molecule has 1 rings (SSSR count). The number of carbonyl (C=O) groups excluding carboxylic acids is 1. The van der Waals surface area contributed by atoms with Gasteiger partial charge in [-0.3, -0.25) is 4.79 Å². The maximum atomic E-state index is 12.2. The Hall–Kier alpha value is -1.10. The summed E-state index contributed by atoms with van der Waals surface area (Å²) in [5.74, 6) is -0.665. The molecule has 0 aliphatic carbocycles. The van der Waals surface area contributed by atoms with Crippen molar-refractivity contribution in [2.75, 3.05) is 13.1 Å². The number of carboxylic acid groups (broad SMARTS) is 1. The number of amides is 1. The average Bonchev–Trinajstić information content (AvgIpc) is 2.43. The highest BCUT2D eigenvalue weighted by atomic mass is 16.4. The summed E-state index contributed by atoms with van der Waals surface area (Å²) in [6.07, 6.45) is 5.15. The number of unbranched alkanes of at least 4 members (excludes halogenated alkanes) is 1. The minimum Gasteiger partial charge on any atom is -0.479 e. The number of aliphatic carboxylic acids is 1. The molecule has 1 atom stereocenters. The second-order valence-corrected chi connectivity index (χ2v) is 5.84. The van der Waals surface area contributed by atoms with Gasteiger partial charge >= 0.3 is 5.97 Å². The van der Waals surface area contributed by atoms with Gasteiger partial charge in [0.2, 0.25) is 5.91 Å². The Balaban J connectivity index is 2.44. The van der Waals surface area contributed by atoms with E-state index in [1.807, 2.05) is 0 Å². The molecule has 1 amide bonds.